The summed E-state index contributed by atoms with van der Waals surface area (Å²) in [5.74, 6) is -1.29. The summed E-state index contributed by atoms with van der Waals surface area (Å²) in [6.07, 6.45) is -2.64. The summed E-state index contributed by atoms with van der Waals surface area (Å²) in [6.45, 7) is 2.04. The average Bonchev–Trinajstić information content (AvgIpc) is 2.79. The van der Waals surface area contributed by atoms with Gasteiger partial charge in [0.2, 0.25) is 0 Å². The molecule has 32 heavy (non-hydrogen) atoms. The molecule has 2 aromatic rings. The number of halogens is 1. The molecule has 0 aliphatic carbocycles. The lowest BCUT2D eigenvalue weighted by atomic mass is 10.0. The zero-order valence-electron chi connectivity index (χ0n) is 17.3. The van der Waals surface area contributed by atoms with E-state index in [-0.39, 0.29) is 36.7 Å². The molecular formula is C22H24INO7S. The van der Waals surface area contributed by atoms with E-state index >= 15 is 0 Å². The number of nitrogens with one attached hydrogen (secondary N) is 1. The SMILES string of the molecule is CCO[C@H](CCOC(=O)CS)[C@H](OC(=O)NC(=O)c1ccccc1)c1cc(I)ccc1O. The minimum atomic E-state index is -1.07. The van der Waals surface area contributed by atoms with Gasteiger partial charge >= 0.3 is 12.1 Å². The van der Waals surface area contributed by atoms with Crippen molar-refractivity contribution >= 4 is 53.2 Å². The summed E-state index contributed by atoms with van der Waals surface area (Å²) >= 11 is 5.93. The number of benzene rings is 2. The number of rotatable bonds is 10. The van der Waals surface area contributed by atoms with E-state index in [0.29, 0.717) is 5.56 Å². The van der Waals surface area contributed by atoms with E-state index in [9.17, 15) is 19.5 Å². The van der Waals surface area contributed by atoms with Gasteiger partial charge in [0.15, 0.2) is 6.10 Å². The Morgan fingerprint density at radius 1 is 1.16 bits per heavy atom. The third kappa shape index (κ3) is 7.99. The molecule has 8 nitrogen and oxygen atoms in total. The smallest absolute Gasteiger partial charge is 0.414 e. The zero-order chi connectivity index (χ0) is 23.5. The Hall–Kier alpha value is -2.31. The average molecular weight is 573 g/mol. The number of imide groups is 1. The van der Waals surface area contributed by atoms with Crippen LogP contribution in [-0.4, -0.2) is 48.1 Å². The summed E-state index contributed by atoms with van der Waals surface area (Å²) in [5, 5.41) is 12.6. The van der Waals surface area contributed by atoms with Crippen molar-refractivity contribution in [1.29, 1.82) is 0 Å². The van der Waals surface area contributed by atoms with Gasteiger partial charge in [0.1, 0.15) is 11.9 Å². The lowest BCUT2D eigenvalue weighted by molar-refractivity contribution is -0.142. The highest BCUT2D eigenvalue weighted by molar-refractivity contribution is 14.1. The van der Waals surface area contributed by atoms with E-state index < -0.39 is 30.2 Å². The quantitative estimate of drug-likeness (QED) is 0.225. The standard InChI is InChI=1S/C22H24INO7S/c1-2-29-18(10-11-30-19(26)13-32)20(16-12-15(23)8-9-17(16)25)31-22(28)24-21(27)14-6-4-3-5-7-14/h3-9,12,18,20,25,32H,2,10-11,13H2,1H3,(H,24,27,28)/t18-,20-/m1/s1. The van der Waals surface area contributed by atoms with Crippen LogP contribution in [0.3, 0.4) is 0 Å². The highest BCUT2D eigenvalue weighted by atomic mass is 127. The van der Waals surface area contributed by atoms with E-state index in [1.54, 1.807) is 49.4 Å². The molecule has 0 aromatic heterocycles. The predicted octanol–water partition coefficient (Wildman–Crippen LogP) is 3.87. The second kappa shape index (κ2) is 13.3. The van der Waals surface area contributed by atoms with Crippen molar-refractivity contribution in [3.63, 3.8) is 0 Å². The Bertz CT molecular complexity index is 926. The normalized spacial score (nSPS) is 12.5. The summed E-state index contributed by atoms with van der Waals surface area (Å²) in [7, 11) is 0. The van der Waals surface area contributed by atoms with Crippen LogP contribution in [0.15, 0.2) is 48.5 Å². The third-order valence-electron chi connectivity index (χ3n) is 4.29. The Labute approximate surface area is 205 Å². The molecule has 2 aromatic carbocycles. The molecule has 172 valence electrons. The van der Waals surface area contributed by atoms with Crippen molar-refractivity contribution in [1.82, 2.24) is 5.32 Å². The van der Waals surface area contributed by atoms with Gasteiger partial charge in [0.25, 0.3) is 5.91 Å². The van der Waals surface area contributed by atoms with Gasteiger partial charge < -0.3 is 19.3 Å². The summed E-state index contributed by atoms with van der Waals surface area (Å²) < 4.78 is 17.2. The number of hydrogen-bond donors (Lipinski definition) is 3. The number of amides is 2. The molecule has 0 radical (unpaired) electrons. The van der Waals surface area contributed by atoms with Gasteiger partial charge in [-0.3, -0.25) is 14.9 Å². The molecule has 0 saturated carbocycles. The maximum Gasteiger partial charge on any atom is 0.414 e. The van der Waals surface area contributed by atoms with Crippen molar-refractivity contribution in [2.24, 2.45) is 0 Å². The second-order valence-electron chi connectivity index (χ2n) is 6.51. The Morgan fingerprint density at radius 2 is 1.88 bits per heavy atom. The summed E-state index contributed by atoms with van der Waals surface area (Å²) in [4.78, 5) is 36.3. The maximum absolute atomic E-state index is 12.6. The number of carbonyl (C=O) groups excluding carboxylic acids is 3. The largest absolute Gasteiger partial charge is 0.508 e. The fraction of sp³-hybridized carbons (Fsp3) is 0.318. The molecule has 10 heteroatoms. The molecule has 0 unspecified atom stereocenters. The minimum absolute atomic E-state index is 0.000821. The zero-order valence-corrected chi connectivity index (χ0v) is 20.4. The van der Waals surface area contributed by atoms with Crippen LogP contribution in [0, 0.1) is 3.57 Å². The van der Waals surface area contributed by atoms with E-state index in [1.807, 2.05) is 0 Å². The predicted molar refractivity (Wildman–Crippen MR) is 129 cm³/mol. The first kappa shape index (κ1) is 25.9. The lowest BCUT2D eigenvalue weighted by Crippen LogP contribution is -2.36. The molecule has 0 saturated heterocycles. The number of carbonyl (C=O) groups is 3. The van der Waals surface area contributed by atoms with Crippen molar-refractivity contribution in [3.05, 3.63) is 63.2 Å². The molecule has 0 aliphatic rings. The van der Waals surface area contributed by atoms with Gasteiger partial charge in [0.05, 0.1) is 12.4 Å². The molecule has 0 heterocycles. The number of phenolic OH excluding ortho intramolecular Hbond substituents is 1. The molecule has 2 rings (SSSR count). The number of esters is 1. The second-order valence-corrected chi connectivity index (χ2v) is 8.07. The molecule has 0 aliphatic heterocycles. The van der Waals surface area contributed by atoms with Crippen LogP contribution in [0.25, 0.3) is 0 Å². The maximum atomic E-state index is 12.6. The minimum Gasteiger partial charge on any atom is -0.508 e. The number of hydrogen-bond acceptors (Lipinski definition) is 8. The fourth-order valence-electron chi connectivity index (χ4n) is 2.86. The van der Waals surface area contributed by atoms with E-state index in [0.717, 1.165) is 3.57 Å². The first-order valence-electron chi connectivity index (χ1n) is 9.79. The van der Waals surface area contributed by atoms with Crippen molar-refractivity contribution in [2.75, 3.05) is 19.0 Å². The number of alkyl carbamates (subject to hydrolysis) is 1. The van der Waals surface area contributed by atoms with Crippen LogP contribution in [0.5, 0.6) is 5.75 Å². The summed E-state index contributed by atoms with van der Waals surface area (Å²) in [6, 6.07) is 13.0. The first-order chi connectivity index (χ1) is 15.3. The molecule has 2 amide bonds. The van der Waals surface area contributed by atoms with Crippen LogP contribution in [-0.2, 0) is 19.0 Å². The van der Waals surface area contributed by atoms with Crippen LogP contribution < -0.4 is 5.32 Å². The van der Waals surface area contributed by atoms with Crippen molar-refractivity contribution in [2.45, 2.75) is 25.6 Å². The number of ether oxygens (including phenoxy) is 3. The monoisotopic (exact) mass is 573 g/mol. The van der Waals surface area contributed by atoms with Gasteiger partial charge in [-0.05, 0) is 59.8 Å². The molecule has 0 spiro atoms. The van der Waals surface area contributed by atoms with Gasteiger partial charge in [-0.25, -0.2) is 4.79 Å². The van der Waals surface area contributed by atoms with E-state index in [1.165, 1.54) is 6.07 Å². The molecule has 0 fully saturated rings. The van der Waals surface area contributed by atoms with Crippen LogP contribution in [0.2, 0.25) is 0 Å². The molecule has 2 atom stereocenters. The fourth-order valence-corrected chi connectivity index (χ4v) is 3.47. The van der Waals surface area contributed by atoms with Gasteiger partial charge in [-0.1, -0.05) is 18.2 Å². The molecule has 0 bridgehead atoms. The van der Waals surface area contributed by atoms with Crippen molar-refractivity contribution in [3.8, 4) is 5.75 Å². The first-order valence-corrected chi connectivity index (χ1v) is 11.5. The number of phenols is 1. The number of aromatic hydroxyl groups is 1. The molecule has 2 N–H and O–H groups in total. The highest BCUT2D eigenvalue weighted by Crippen LogP contribution is 2.33. The van der Waals surface area contributed by atoms with Crippen molar-refractivity contribution < 1.29 is 33.7 Å². The van der Waals surface area contributed by atoms with Crippen LogP contribution >= 0.6 is 35.2 Å². The Balaban J connectivity index is 2.24. The van der Waals surface area contributed by atoms with Gasteiger partial charge in [-0.15, -0.1) is 0 Å². The van der Waals surface area contributed by atoms with E-state index in [2.05, 4.69) is 40.5 Å². The Morgan fingerprint density at radius 3 is 2.53 bits per heavy atom. The van der Waals surface area contributed by atoms with E-state index in [4.69, 9.17) is 14.2 Å². The number of thiol groups is 1. The van der Waals surface area contributed by atoms with Gasteiger partial charge in [0, 0.05) is 27.7 Å². The third-order valence-corrected chi connectivity index (χ3v) is 5.22. The molecular weight excluding hydrogens is 549 g/mol. The lowest BCUT2D eigenvalue weighted by Gasteiger charge is -2.28. The highest BCUT2D eigenvalue weighted by Gasteiger charge is 2.31. The summed E-state index contributed by atoms with van der Waals surface area (Å²) in [5.41, 5.74) is 0.594. The van der Waals surface area contributed by atoms with Crippen LogP contribution in [0.4, 0.5) is 4.79 Å². The topological polar surface area (TPSA) is 111 Å². The van der Waals surface area contributed by atoms with Crippen LogP contribution in [0.1, 0.15) is 35.4 Å². The van der Waals surface area contributed by atoms with Gasteiger partial charge in [-0.2, -0.15) is 12.6 Å². The Kier molecular flexibility index (Phi) is 10.8.